The van der Waals surface area contributed by atoms with Crippen molar-refractivity contribution < 1.29 is 66.4 Å². The molecule has 1 aliphatic rings. The average molecular weight is 349 g/mol. The molecule has 4 nitrogen and oxygen atoms in total. The number of carbonyl (C=O) groups excluding carboxylic acids is 1. The van der Waals surface area contributed by atoms with Gasteiger partial charge < -0.3 is 15.0 Å². The topological polar surface area (TPSA) is 63.6 Å². The van der Waals surface area contributed by atoms with E-state index in [2.05, 4.69) is 29.2 Å². The largest absolute Gasteiger partial charge is 1.00 e. The average Bonchev–Trinajstić information content (AvgIpc) is 2.70. The van der Waals surface area contributed by atoms with Crippen LogP contribution in [0.3, 0.4) is 0 Å². The van der Waals surface area contributed by atoms with Crippen molar-refractivity contribution in [1.82, 2.24) is 4.90 Å². The second-order valence-electron chi connectivity index (χ2n) is 6.01. The third-order valence-corrected chi connectivity index (χ3v) is 4.40. The molecule has 2 aromatic carbocycles. The number of aliphatic hydroxyl groups excluding tert-OH is 1. The van der Waals surface area contributed by atoms with Crippen LogP contribution in [0.25, 0.3) is 11.1 Å². The Labute approximate surface area is 184 Å². The predicted molar refractivity (Wildman–Crippen MR) is 86.2 cm³/mol. The molecule has 0 bridgehead atoms. The van der Waals surface area contributed by atoms with Crippen molar-refractivity contribution in [2.24, 2.45) is 5.92 Å². The summed E-state index contributed by atoms with van der Waals surface area (Å²) in [6.45, 7) is 1.63. The van der Waals surface area contributed by atoms with Crippen molar-refractivity contribution in [3.05, 3.63) is 59.7 Å². The number of fused-ring (bicyclic) bond motifs is 3. The van der Waals surface area contributed by atoms with Gasteiger partial charge in [0.05, 0.1) is 0 Å². The number of nitrogens with zero attached hydrogens (tertiary/aromatic N) is 1. The minimum atomic E-state index is -1.09. The normalized spacial score (nSPS) is 14.7. The molecular weight excluding hydrogens is 329 g/mol. The summed E-state index contributed by atoms with van der Waals surface area (Å²) >= 11 is 0. The molecule has 1 N–H and O–H groups in total. The summed E-state index contributed by atoms with van der Waals surface area (Å²) in [6.07, 6.45) is 0.224. The fourth-order valence-electron chi connectivity index (χ4n) is 3.26. The molecule has 1 atom stereocenters. The molecule has 0 amide bonds. The van der Waals surface area contributed by atoms with Gasteiger partial charge in [0, 0.05) is 38.1 Å². The zero-order chi connectivity index (χ0) is 16.2. The molecule has 0 saturated heterocycles. The third kappa shape index (κ3) is 4.55. The van der Waals surface area contributed by atoms with Crippen molar-refractivity contribution in [3.63, 3.8) is 0 Å². The molecule has 0 fully saturated rings. The van der Waals surface area contributed by atoms with Gasteiger partial charge in [-0.15, -0.1) is 0 Å². The summed E-state index contributed by atoms with van der Waals surface area (Å²) in [5.74, 6) is -1.75. The summed E-state index contributed by atoms with van der Waals surface area (Å²) in [6, 6.07) is 16.5. The fraction of sp³-hybridized carbons (Fsp3) is 0.316. The van der Waals surface area contributed by atoms with E-state index in [-0.39, 0.29) is 64.4 Å². The molecule has 0 aliphatic carbocycles. The number of carbonyl (C=O) groups is 1. The van der Waals surface area contributed by atoms with Crippen LogP contribution in [0.1, 0.15) is 17.5 Å². The first kappa shape index (κ1) is 19.8. The van der Waals surface area contributed by atoms with Crippen LogP contribution in [0.15, 0.2) is 48.5 Å². The van der Waals surface area contributed by atoms with Gasteiger partial charge in [-0.05, 0) is 28.7 Å². The van der Waals surface area contributed by atoms with Gasteiger partial charge in [-0.3, -0.25) is 4.90 Å². The Bertz CT molecular complexity index is 657. The predicted octanol–water partition coefficient (Wildman–Crippen LogP) is -1.58. The Morgan fingerprint density at radius 3 is 2.00 bits per heavy atom. The van der Waals surface area contributed by atoms with Crippen molar-refractivity contribution in [3.8, 4) is 11.1 Å². The van der Waals surface area contributed by atoms with Gasteiger partial charge in [-0.25, -0.2) is 0 Å². The van der Waals surface area contributed by atoms with Crippen LogP contribution in [0.2, 0.25) is 0 Å². The molecule has 120 valence electrons. The Balaban J connectivity index is 0.00000208. The third-order valence-electron chi connectivity index (χ3n) is 4.40. The molecule has 5 heteroatoms. The molecule has 0 radical (unpaired) electrons. The van der Waals surface area contributed by atoms with Crippen LogP contribution >= 0.6 is 0 Å². The molecule has 0 saturated carbocycles. The molecule has 2 aromatic rings. The zero-order valence-corrected chi connectivity index (χ0v) is 17.1. The van der Waals surface area contributed by atoms with Gasteiger partial charge in [-0.2, -0.15) is 0 Å². The second-order valence-corrected chi connectivity index (χ2v) is 6.01. The second kappa shape index (κ2) is 9.24. The Hall–Kier alpha value is -0.534. The minimum absolute atomic E-state index is 0. The summed E-state index contributed by atoms with van der Waals surface area (Å²) in [7, 11) is 0. The Kier molecular flexibility index (Phi) is 7.62. The fourth-order valence-corrected chi connectivity index (χ4v) is 3.26. The van der Waals surface area contributed by atoms with E-state index in [0.717, 1.165) is 0 Å². The molecule has 1 heterocycles. The number of aliphatic hydroxyl groups is 1. The van der Waals surface area contributed by atoms with Crippen molar-refractivity contribution in [1.29, 1.82) is 0 Å². The van der Waals surface area contributed by atoms with E-state index in [0.29, 0.717) is 19.6 Å². The molecule has 1 aliphatic heterocycles. The quantitative estimate of drug-likeness (QED) is 0.662. The van der Waals surface area contributed by atoms with E-state index in [1.165, 1.54) is 22.3 Å². The van der Waals surface area contributed by atoms with Crippen molar-refractivity contribution >= 4 is 5.97 Å². The summed E-state index contributed by atoms with van der Waals surface area (Å²) in [4.78, 5) is 13.4. The van der Waals surface area contributed by atoms with Gasteiger partial charge >= 0.3 is 51.4 Å². The maximum Gasteiger partial charge on any atom is 1.00 e. The SMILES string of the molecule is O=C([O-])C(CCO)CN1Cc2ccccc2-c2ccccc2C1.[K+]. The van der Waals surface area contributed by atoms with Crippen LogP contribution in [0.5, 0.6) is 0 Å². The van der Waals surface area contributed by atoms with E-state index in [9.17, 15) is 9.90 Å². The standard InChI is InChI=1S/C19H21NO3.K/c21-10-9-16(19(22)23)13-20-11-14-5-1-3-7-17(14)18-8-4-2-6-15(18)12-20;/h1-8,16,21H,9-13H2,(H,22,23);/q;+1/p-1. The molecule has 24 heavy (non-hydrogen) atoms. The van der Waals surface area contributed by atoms with E-state index in [4.69, 9.17) is 5.11 Å². The molecule has 3 rings (SSSR count). The number of carboxylic acid groups (broad SMARTS) is 1. The smallest absolute Gasteiger partial charge is 0.550 e. The Morgan fingerprint density at radius 1 is 1.04 bits per heavy atom. The van der Waals surface area contributed by atoms with Gasteiger partial charge in [0.15, 0.2) is 0 Å². The first-order valence-electron chi connectivity index (χ1n) is 7.89. The summed E-state index contributed by atoms with van der Waals surface area (Å²) in [5.41, 5.74) is 4.80. The number of hydrogen-bond acceptors (Lipinski definition) is 4. The Morgan fingerprint density at radius 2 is 1.54 bits per heavy atom. The molecule has 0 spiro atoms. The number of aliphatic carboxylic acids is 1. The molecule has 0 aromatic heterocycles. The van der Waals surface area contributed by atoms with Crippen LogP contribution in [0, 0.1) is 5.92 Å². The van der Waals surface area contributed by atoms with Crippen LogP contribution in [0.4, 0.5) is 0 Å². The van der Waals surface area contributed by atoms with Crippen molar-refractivity contribution in [2.75, 3.05) is 13.2 Å². The summed E-state index contributed by atoms with van der Waals surface area (Å²) < 4.78 is 0. The first-order chi connectivity index (χ1) is 11.2. The van der Waals surface area contributed by atoms with Crippen LogP contribution in [-0.2, 0) is 17.9 Å². The van der Waals surface area contributed by atoms with E-state index >= 15 is 0 Å². The first-order valence-corrected chi connectivity index (χ1v) is 7.89. The maximum atomic E-state index is 11.3. The number of benzene rings is 2. The number of carboxylic acids is 1. The van der Waals surface area contributed by atoms with E-state index < -0.39 is 11.9 Å². The number of hydrogen-bond donors (Lipinski definition) is 1. The maximum absolute atomic E-state index is 11.3. The van der Waals surface area contributed by atoms with Crippen molar-refractivity contribution in [2.45, 2.75) is 19.5 Å². The number of rotatable bonds is 5. The minimum Gasteiger partial charge on any atom is -0.550 e. The van der Waals surface area contributed by atoms with Gasteiger partial charge in [0.25, 0.3) is 0 Å². The van der Waals surface area contributed by atoms with Crippen LogP contribution in [-0.4, -0.2) is 29.1 Å². The zero-order valence-electron chi connectivity index (χ0n) is 13.9. The van der Waals surface area contributed by atoms with Gasteiger partial charge in [0.2, 0.25) is 0 Å². The van der Waals surface area contributed by atoms with Gasteiger partial charge in [-0.1, -0.05) is 48.5 Å². The molecular formula is C19H20KNO3. The van der Waals surface area contributed by atoms with E-state index in [1.54, 1.807) is 0 Å². The van der Waals surface area contributed by atoms with Crippen LogP contribution < -0.4 is 56.5 Å². The molecule has 1 unspecified atom stereocenters. The van der Waals surface area contributed by atoms with Gasteiger partial charge in [0.1, 0.15) is 0 Å². The monoisotopic (exact) mass is 349 g/mol. The van der Waals surface area contributed by atoms with E-state index in [1.807, 2.05) is 24.3 Å². The summed E-state index contributed by atoms with van der Waals surface area (Å²) in [5, 5.41) is 20.4.